The molecule has 0 bridgehead atoms. The number of ether oxygens (including phenoxy) is 1. The van der Waals surface area contributed by atoms with Crippen LogP contribution in [-0.4, -0.2) is 39.5 Å². The Labute approximate surface area is 215 Å². The standard InChI is InChI=1S/C26H31F2N5O2.ClH/c1-13-9-17(29)6-7-19(13)33-26(34)21-14(2)32-24-22(30-12-31-23(21)24)18-10-16(25(27)28)5-8-20(18)35-11-15-3-4-15;/h5,8,10,12-13,15,17,19,25,32H,3-4,6-7,9,11,29H2,1-2H3,(H,33,34);1H. The molecule has 1 aromatic carbocycles. The number of hydrogen-bond acceptors (Lipinski definition) is 5. The Morgan fingerprint density at radius 1 is 1.25 bits per heavy atom. The number of amides is 1. The van der Waals surface area contributed by atoms with Gasteiger partial charge in [-0.1, -0.05) is 6.92 Å². The summed E-state index contributed by atoms with van der Waals surface area (Å²) in [6, 6.07) is 4.58. The van der Waals surface area contributed by atoms with Gasteiger partial charge in [0.2, 0.25) is 0 Å². The van der Waals surface area contributed by atoms with Crippen molar-refractivity contribution in [2.75, 3.05) is 6.61 Å². The highest BCUT2D eigenvalue weighted by Gasteiger charge is 2.30. The molecule has 2 aliphatic carbocycles. The Kier molecular flexibility index (Phi) is 7.80. The van der Waals surface area contributed by atoms with Crippen molar-refractivity contribution in [3.8, 4) is 17.0 Å². The normalized spacial score (nSPS) is 21.9. The van der Waals surface area contributed by atoms with Gasteiger partial charge in [-0.2, -0.15) is 0 Å². The van der Waals surface area contributed by atoms with Crippen LogP contribution in [0.1, 0.15) is 67.1 Å². The summed E-state index contributed by atoms with van der Waals surface area (Å²) in [7, 11) is 0. The van der Waals surface area contributed by atoms with E-state index in [0.717, 1.165) is 32.1 Å². The maximum absolute atomic E-state index is 13.5. The van der Waals surface area contributed by atoms with Gasteiger partial charge >= 0.3 is 0 Å². The van der Waals surface area contributed by atoms with E-state index >= 15 is 0 Å². The van der Waals surface area contributed by atoms with Crippen LogP contribution in [0.3, 0.4) is 0 Å². The van der Waals surface area contributed by atoms with Crippen molar-refractivity contribution in [3.05, 3.63) is 41.3 Å². The molecule has 2 fully saturated rings. The molecule has 10 heteroatoms. The second-order valence-corrected chi connectivity index (χ2v) is 10.0. The van der Waals surface area contributed by atoms with Crippen molar-refractivity contribution in [2.45, 2.75) is 64.5 Å². The molecule has 0 saturated heterocycles. The van der Waals surface area contributed by atoms with Gasteiger partial charge < -0.3 is 20.8 Å². The van der Waals surface area contributed by atoms with Gasteiger partial charge in [0, 0.05) is 28.9 Å². The first kappa shape index (κ1) is 26.3. The number of nitrogens with one attached hydrogen (secondary N) is 2. The molecule has 194 valence electrons. The molecular weight excluding hydrogens is 488 g/mol. The van der Waals surface area contributed by atoms with Crippen LogP contribution in [0.15, 0.2) is 24.5 Å². The van der Waals surface area contributed by atoms with Gasteiger partial charge in [-0.05, 0) is 69.1 Å². The maximum atomic E-state index is 13.5. The second-order valence-electron chi connectivity index (χ2n) is 10.0. The summed E-state index contributed by atoms with van der Waals surface area (Å²) in [5, 5.41) is 3.16. The van der Waals surface area contributed by atoms with E-state index in [-0.39, 0.29) is 41.9 Å². The third-order valence-electron chi connectivity index (χ3n) is 7.21. The third kappa shape index (κ3) is 5.32. The predicted octanol–water partition coefficient (Wildman–Crippen LogP) is 5.33. The highest BCUT2D eigenvalue weighted by Crippen LogP contribution is 2.38. The largest absolute Gasteiger partial charge is 0.493 e. The average molecular weight is 520 g/mol. The Balaban J connectivity index is 0.00000304. The van der Waals surface area contributed by atoms with Gasteiger partial charge in [-0.15, -0.1) is 12.4 Å². The smallest absolute Gasteiger partial charge is 0.263 e. The zero-order chi connectivity index (χ0) is 24.7. The van der Waals surface area contributed by atoms with E-state index < -0.39 is 6.43 Å². The van der Waals surface area contributed by atoms with Gasteiger partial charge in [0.05, 0.1) is 17.7 Å². The van der Waals surface area contributed by atoms with E-state index in [1.54, 1.807) is 13.0 Å². The average Bonchev–Trinajstić information content (AvgIpc) is 3.59. The van der Waals surface area contributed by atoms with Gasteiger partial charge in [-0.3, -0.25) is 4.79 Å². The van der Waals surface area contributed by atoms with E-state index in [4.69, 9.17) is 10.5 Å². The van der Waals surface area contributed by atoms with Crippen LogP contribution in [0.4, 0.5) is 8.78 Å². The fourth-order valence-electron chi connectivity index (χ4n) is 4.98. The van der Waals surface area contributed by atoms with Crippen LogP contribution in [-0.2, 0) is 0 Å². The van der Waals surface area contributed by atoms with Crippen LogP contribution >= 0.6 is 12.4 Å². The molecule has 3 unspecified atom stereocenters. The summed E-state index contributed by atoms with van der Waals surface area (Å²) < 4.78 is 33.1. The van der Waals surface area contributed by atoms with Crippen molar-refractivity contribution < 1.29 is 18.3 Å². The molecule has 2 saturated carbocycles. The molecule has 2 aliphatic rings. The van der Waals surface area contributed by atoms with Crippen LogP contribution in [0.25, 0.3) is 22.3 Å². The lowest BCUT2D eigenvalue weighted by atomic mass is 9.83. The number of rotatable bonds is 7. The molecule has 3 atom stereocenters. The second kappa shape index (κ2) is 10.7. The molecule has 5 rings (SSSR count). The number of carbonyl (C=O) groups excluding carboxylic acids is 1. The molecule has 0 aliphatic heterocycles. The summed E-state index contributed by atoms with van der Waals surface area (Å²) in [5.74, 6) is 1.06. The van der Waals surface area contributed by atoms with E-state index in [2.05, 4.69) is 27.2 Å². The number of aromatic nitrogens is 3. The van der Waals surface area contributed by atoms with Gasteiger partial charge in [0.15, 0.2) is 0 Å². The SMILES string of the molecule is Cc1[nH]c2c(-c3cc(C(F)F)ccc3OCC3CC3)ncnc2c1C(=O)NC1CCC(N)CC1C.Cl. The minimum Gasteiger partial charge on any atom is -0.493 e. The first-order valence-electron chi connectivity index (χ1n) is 12.3. The highest BCUT2D eigenvalue weighted by molar-refractivity contribution is 6.09. The van der Waals surface area contributed by atoms with E-state index in [1.807, 2.05) is 0 Å². The molecule has 0 radical (unpaired) electrons. The highest BCUT2D eigenvalue weighted by atomic mass is 35.5. The summed E-state index contributed by atoms with van der Waals surface area (Å²) in [4.78, 5) is 25.4. The summed E-state index contributed by atoms with van der Waals surface area (Å²) >= 11 is 0. The number of nitrogens with two attached hydrogens (primary N) is 1. The van der Waals surface area contributed by atoms with Gasteiger partial charge in [0.25, 0.3) is 12.3 Å². The zero-order valence-electron chi connectivity index (χ0n) is 20.4. The number of aryl methyl sites for hydroxylation is 1. The number of alkyl halides is 2. The lowest BCUT2D eigenvalue weighted by Crippen LogP contribution is -2.45. The van der Waals surface area contributed by atoms with Gasteiger partial charge in [0.1, 0.15) is 23.3 Å². The fraction of sp³-hybridized carbons (Fsp3) is 0.500. The first-order chi connectivity index (χ1) is 16.8. The van der Waals surface area contributed by atoms with E-state index in [1.165, 1.54) is 18.5 Å². The van der Waals surface area contributed by atoms with E-state index in [9.17, 15) is 13.6 Å². The Morgan fingerprint density at radius 3 is 2.72 bits per heavy atom. The number of hydrogen-bond donors (Lipinski definition) is 3. The van der Waals surface area contributed by atoms with Crippen molar-refractivity contribution in [2.24, 2.45) is 17.6 Å². The van der Waals surface area contributed by atoms with Crippen molar-refractivity contribution in [1.29, 1.82) is 0 Å². The molecule has 3 aromatic rings. The van der Waals surface area contributed by atoms with Crippen molar-refractivity contribution >= 4 is 29.3 Å². The van der Waals surface area contributed by atoms with Crippen LogP contribution in [0.5, 0.6) is 5.75 Å². The quantitative estimate of drug-likeness (QED) is 0.391. The molecule has 36 heavy (non-hydrogen) atoms. The predicted molar refractivity (Wildman–Crippen MR) is 137 cm³/mol. The molecular formula is C26H32ClF2N5O2. The topological polar surface area (TPSA) is 106 Å². The zero-order valence-corrected chi connectivity index (χ0v) is 21.2. The molecule has 7 nitrogen and oxygen atoms in total. The van der Waals surface area contributed by atoms with Crippen LogP contribution in [0.2, 0.25) is 0 Å². The molecule has 0 spiro atoms. The number of carbonyl (C=O) groups is 1. The lowest BCUT2D eigenvalue weighted by molar-refractivity contribution is 0.0907. The van der Waals surface area contributed by atoms with Crippen molar-refractivity contribution in [3.63, 3.8) is 0 Å². The maximum Gasteiger partial charge on any atom is 0.263 e. The summed E-state index contributed by atoms with van der Waals surface area (Å²) in [6.07, 6.45) is 3.54. The lowest BCUT2D eigenvalue weighted by Gasteiger charge is -2.33. The van der Waals surface area contributed by atoms with Crippen molar-refractivity contribution in [1.82, 2.24) is 20.3 Å². The van der Waals surface area contributed by atoms with Gasteiger partial charge in [-0.25, -0.2) is 18.7 Å². The fourth-order valence-corrected chi connectivity index (χ4v) is 4.98. The van der Waals surface area contributed by atoms with E-state index in [0.29, 0.717) is 51.8 Å². The number of H-pyrrole nitrogens is 1. The number of halogens is 3. The molecule has 4 N–H and O–H groups in total. The number of aromatic amines is 1. The Bertz CT molecular complexity index is 1250. The minimum absolute atomic E-state index is 0. The molecule has 1 amide bonds. The minimum atomic E-state index is -2.62. The summed E-state index contributed by atoms with van der Waals surface area (Å²) in [6.45, 7) is 4.45. The Morgan fingerprint density at radius 2 is 2.03 bits per heavy atom. The molecule has 2 heterocycles. The first-order valence-corrected chi connectivity index (χ1v) is 12.3. The third-order valence-corrected chi connectivity index (χ3v) is 7.21. The number of nitrogens with zero attached hydrogens (tertiary/aromatic N) is 2. The Hall–Kier alpha value is -2.78. The monoisotopic (exact) mass is 519 g/mol. The van der Waals surface area contributed by atoms with Crippen LogP contribution < -0.4 is 15.8 Å². The number of fused-ring (bicyclic) bond motifs is 1. The number of benzene rings is 1. The molecule has 2 aromatic heterocycles. The van der Waals surface area contributed by atoms with Crippen LogP contribution in [0, 0.1) is 18.8 Å². The summed E-state index contributed by atoms with van der Waals surface area (Å²) in [5.41, 5.74) is 8.92.